The Labute approximate surface area is 191 Å². The molecule has 7 nitrogen and oxygen atoms in total. The third-order valence-electron chi connectivity index (χ3n) is 5.37. The highest BCUT2D eigenvalue weighted by Gasteiger charge is 2.24. The van der Waals surface area contributed by atoms with Gasteiger partial charge in [-0.25, -0.2) is 9.97 Å². The first-order valence-electron chi connectivity index (χ1n) is 10.4. The number of methoxy groups -OCH3 is 1. The first-order chi connectivity index (χ1) is 15.6. The molecule has 1 amide bonds. The summed E-state index contributed by atoms with van der Waals surface area (Å²) in [6.07, 6.45) is 4.23. The predicted molar refractivity (Wildman–Crippen MR) is 122 cm³/mol. The van der Waals surface area contributed by atoms with E-state index in [4.69, 9.17) is 25.8 Å². The van der Waals surface area contributed by atoms with E-state index in [9.17, 15) is 4.79 Å². The maximum absolute atomic E-state index is 11.8. The fourth-order valence-corrected chi connectivity index (χ4v) is 3.90. The van der Waals surface area contributed by atoms with E-state index in [1.165, 1.54) is 12.4 Å². The Kier molecular flexibility index (Phi) is 6.75. The third kappa shape index (κ3) is 4.94. The second kappa shape index (κ2) is 9.87. The SMILES string of the molecule is C=CC(=O)N1CCC(Oc2cc3c(OCc4cccc(Cl)c4)ncnc3cc2OC)CC1. The number of nitrogens with zero attached hydrogens (tertiary/aromatic N) is 3. The summed E-state index contributed by atoms with van der Waals surface area (Å²) in [7, 11) is 1.59. The number of amides is 1. The highest BCUT2D eigenvalue weighted by Crippen LogP contribution is 2.36. The number of piperidine rings is 1. The van der Waals surface area contributed by atoms with Gasteiger partial charge in [-0.3, -0.25) is 4.79 Å². The number of halogens is 1. The minimum Gasteiger partial charge on any atom is -0.493 e. The number of hydrogen-bond acceptors (Lipinski definition) is 6. The zero-order valence-electron chi connectivity index (χ0n) is 17.8. The number of aromatic nitrogens is 2. The van der Waals surface area contributed by atoms with Crippen molar-refractivity contribution in [2.24, 2.45) is 0 Å². The van der Waals surface area contributed by atoms with Crippen LogP contribution in [0.4, 0.5) is 0 Å². The van der Waals surface area contributed by atoms with Gasteiger partial charge in [0, 0.05) is 37.0 Å². The van der Waals surface area contributed by atoms with Crippen LogP contribution < -0.4 is 14.2 Å². The van der Waals surface area contributed by atoms with Crippen molar-refractivity contribution in [1.29, 1.82) is 0 Å². The average Bonchev–Trinajstić information content (AvgIpc) is 2.82. The number of ether oxygens (including phenoxy) is 3. The van der Waals surface area contributed by atoms with Crippen LogP contribution in [0, 0.1) is 0 Å². The minimum atomic E-state index is -0.0506. The number of likely N-dealkylation sites (tertiary alicyclic amines) is 1. The van der Waals surface area contributed by atoms with Gasteiger partial charge in [0.05, 0.1) is 18.0 Å². The fourth-order valence-electron chi connectivity index (χ4n) is 3.69. The average molecular weight is 454 g/mol. The Morgan fingerprint density at radius 1 is 1.22 bits per heavy atom. The second-order valence-electron chi connectivity index (χ2n) is 7.46. The van der Waals surface area contributed by atoms with Crippen LogP contribution >= 0.6 is 11.6 Å². The van der Waals surface area contributed by atoms with Crippen LogP contribution in [0.3, 0.4) is 0 Å². The molecule has 0 N–H and O–H groups in total. The summed E-state index contributed by atoms with van der Waals surface area (Å²) in [6, 6.07) is 11.2. The maximum Gasteiger partial charge on any atom is 0.245 e. The topological polar surface area (TPSA) is 73.8 Å². The van der Waals surface area contributed by atoms with Gasteiger partial charge in [0.15, 0.2) is 11.5 Å². The molecule has 2 aromatic carbocycles. The molecule has 0 aliphatic carbocycles. The van der Waals surface area contributed by atoms with Crippen molar-refractivity contribution in [3.8, 4) is 17.4 Å². The summed E-state index contributed by atoms with van der Waals surface area (Å²) in [5.41, 5.74) is 1.63. The Morgan fingerprint density at radius 2 is 2.03 bits per heavy atom. The summed E-state index contributed by atoms with van der Waals surface area (Å²) in [6.45, 7) is 5.13. The van der Waals surface area contributed by atoms with Gasteiger partial charge in [-0.1, -0.05) is 30.3 Å². The molecule has 1 saturated heterocycles. The Bertz CT molecular complexity index is 1130. The molecule has 4 rings (SSSR count). The van der Waals surface area contributed by atoms with E-state index in [-0.39, 0.29) is 12.0 Å². The predicted octanol–water partition coefficient (Wildman–Crippen LogP) is 4.43. The van der Waals surface area contributed by atoms with Gasteiger partial charge in [0.2, 0.25) is 11.8 Å². The van der Waals surface area contributed by atoms with Gasteiger partial charge < -0.3 is 19.1 Å². The third-order valence-corrected chi connectivity index (χ3v) is 5.61. The lowest BCUT2D eigenvalue weighted by atomic mass is 10.1. The molecule has 166 valence electrons. The van der Waals surface area contributed by atoms with Crippen molar-refractivity contribution in [1.82, 2.24) is 14.9 Å². The number of carbonyl (C=O) groups excluding carboxylic acids is 1. The van der Waals surface area contributed by atoms with Crippen LogP contribution in [-0.2, 0) is 11.4 Å². The zero-order valence-corrected chi connectivity index (χ0v) is 18.5. The highest BCUT2D eigenvalue weighted by molar-refractivity contribution is 6.30. The van der Waals surface area contributed by atoms with Crippen molar-refractivity contribution in [3.63, 3.8) is 0 Å². The summed E-state index contributed by atoms with van der Waals surface area (Å²) in [5, 5.41) is 1.38. The van der Waals surface area contributed by atoms with Crippen LogP contribution in [-0.4, -0.2) is 47.1 Å². The maximum atomic E-state index is 11.8. The van der Waals surface area contributed by atoms with Crippen LogP contribution in [0.25, 0.3) is 10.9 Å². The van der Waals surface area contributed by atoms with Gasteiger partial charge in [0.1, 0.15) is 19.0 Å². The van der Waals surface area contributed by atoms with Crippen molar-refractivity contribution < 1.29 is 19.0 Å². The van der Waals surface area contributed by atoms with Crippen molar-refractivity contribution in [3.05, 3.63) is 66.0 Å². The molecule has 2 heterocycles. The van der Waals surface area contributed by atoms with Crippen molar-refractivity contribution >= 4 is 28.4 Å². The van der Waals surface area contributed by atoms with E-state index < -0.39 is 0 Å². The van der Waals surface area contributed by atoms with Gasteiger partial charge in [-0.2, -0.15) is 0 Å². The van der Waals surface area contributed by atoms with E-state index in [1.54, 1.807) is 12.0 Å². The standard InChI is InChI=1S/C24H24ClN3O4/c1-3-23(29)28-9-7-18(8-10-28)32-22-12-19-20(13-21(22)30-2)26-15-27-24(19)31-14-16-5-4-6-17(25)11-16/h3-6,11-13,15,18H,1,7-10,14H2,2H3. The Morgan fingerprint density at radius 3 is 2.75 bits per heavy atom. The molecule has 3 aromatic rings. The van der Waals surface area contributed by atoms with Crippen LogP contribution in [0.5, 0.6) is 17.4 Å². The van der Waals surface area contributed by atoms with Gasteiger partial charge in [-0.05, 0) is 29.8 Å². The van der Waals surface area contributed by atoms with E-state index in [1.807, 2.05) is 36.4 Å². The fraction of sp³-hybridized carbons (Fsp3) is 0.292. The molecule has 0 saturated carbocycles. The second-order valence-corrected chi connectivity index (χ2v) is 7.90. The summed E-state index contributed by atoms with van der Waals surface area (Å²) >= 11 is 6.06. The van der Waals surface area contributed by atoms with Crippen LogP contribution in [0.1, 0.15) is 18.4 Å². The molecule has 1 fully saturated rings. The number of carbonyl (C=O) groups is 1. The first-order valence-corrected chi connectivity index (χ1v) is 10.7. The molecule has 1 aromatic heterocycles. The normalized spacial score (nSPS) is 14.2. The summed E-state index contributed by atoms with van der Waals surface area (Å²) < 4.78 is 17.8. The Hall–Kier alpha value is -3.32. The Balaban J connectivity index is 1.54. The van der Waals surface area contributed by atoms with Crippen LogP contribution in [0.15, 0.2) is 55.4 Å². The largest absolute Gasteiger partial charge is 0.493 e. The molecule has 0 bridgehead atoms. The molecule has 1 aliphatic rings. The number of hydrogen-bond donors (Lipinski definition) is 0. The first kappa shape index (κ1) is 21.9. The molecule has 8 heteroatoms. The van der Waals surface area contributed by atoms with E-state index >= 15 is 0 Å². The van der Waals surface area contributed by atoms with E-state index in [2.05, 4.69) is 16.5 Å². The van der Waals surface area contributed by atoms with Gasteiger partial charge >= 0.3 is 0 Å². The lowest BCUT2D eigenvalue weighted by Gasteiger charge is -2.31. The quantitative estimate of drug-likeness (QED) is 0.493. The minimum absolute atomic E-state index is 0.0318. The molecular formula is C24H24ClN3O4. The van der Waals surface area contributed by atoms with E-state index in [0.717, 1.165) is 23.8 Å². The molecule has 0 radical (unpaired) electrons. The van der Waals surface area contributed by atoms with Crippen LogP contribution in [0.2, 0.25) is 5.02 Å². The summed E-state index contributed by atoms with van der Waals surface area (Å²) in [5.74, 6) is 1.58. The molecule has 0 unspecified atom stereocenters. The summed E-state index contributed by atoms with van der Waals surface area (Å²) in [4.78, 5) is 22.2. The molecule has 32 heavy (non-hydrogen) atoms. The monoisotopic (exact) mass is 453 g/mol. The van der Waals surface area contributed by atoms with Crippen molar-refractivity contribution in [2.75, 3.05) is 20.2 Å². The highest BCUT2D eigenvalue weighted by atomic mass is 35.5. The zero-order chi connectivity index (χ0) is 22.5. The molecule has 0 spiro atoms. The smallest absolute Gasteiger partial charge is 0.245 e. The lowest BCUT2D eigenvalue weighted by Crippen LogP contribution is -2.41. The van der Waals surface area contributed by atoms with E-state index in [0.29, 0.717) is 47.6 Å². The number of benzene rings is 2. The number of fused-ring (bicyclic) bond motifs is 1. The van der Waals surface area contributed by atoms with Crippen molar-refractivity contribution in [2.45, 2.75) is 25.6 Å². The van der Waals surface area contributed by atoms with Gasteiger partial charge in [0.25, 0.3) is 0 Å². The molecular weight excluding hydrogens is 430 g/mol. The van der Waals surface area contributed by atoms with Gasteiger partial charge in [-0.15, -0.1) is 0 Å². The molecule has 1 aliphatic heterocycles. The molecule has 0 atom stereocenters. The number of rotatable bonds is 7. The lowest BCUT2D eigenvalue weighted by molar-refractivity contribution is -0.127.